The van der Waals surface area contributed by atoms with Crippen molar-refractivity contribution in [3.8, 4) is 0 Å². The summed E-state index contributed by atoms with van der Waals surface area (Å²) in [5.41, 5.74) is 8.88. The summed E-state index contributed by atoms with van der Waals surface area (Å²) in [5, 5.41) is 27.8. The van der Waals surface area contributed by atoms with E-state index in [0.717, 1.165) is 21.9 Å². The van der Waals surface area contributed by atoms with E-state index in [4.69, 9.17) is 25.5 Å². The highest BCUT2D eigenvalue weighted by molar-refractivity contribution is 8.46. The van der Waals surface area contributed by atoms with E-state index >= 15 is 8.78 Å². The van der Waals surface area contributed by atoms with E-state index < -0.39 is 74.1 Å². The molecule has 41 heavy (non-hydrogen) atoms. The molecule has 9 atom stereocenters. The van der Waals surface area contributed by atoms with E-state index in [0.29, 0.717) is 0 Å². The van der Waals surface area contributed by atoms with Gasteiger partial charge in [-0.3, -0.25) is 18.9 Å². The van der Waals surface area contributed by atoms with Gasteiger partial charge in [0.25, 0.3) is 12.1 Å². The molecule has 2 saturated heterocycles. The number of rotatable bonds is 7. The van der Waals surface area contributed by atoms with Gasteiger partial charge in [0.05, 0.1) is 19.5 Å². The highest BCUT2D eigenvalue weighted by Gasteiger charge is 2.56. The molecule has 2 aliphatic heterocycles. The number of halogens is 2. The van der Waals surface area contributed by atoms with Crippen LogP contribution < -0.4 is 17.0 Å². The first-order chi connectivity index (χ1) is 19.5. The Morgan fingerprint density at radius 3 is 2.63 bits per heavy atom. The molecule has 3 unspecified atom stereocenters. The van der Waals surface area contributed by atoms with Crippen LogP contribution in [0.3, 0.4) is 0 Å². The molecule has 7 N–H and O–H groups in total. The third-order valence-corrected chi connectivity index (χ3v) is 9.78. The Balaban J connectivity index is 1.25. The summed E-state index contributed by atoms with van der Waals surface area (Å²) in [5.74, 6) is -0.272. The molecule has 2 fully saturated rings. The maximum absolute atomic E-state index is 15.5. The van der Waals surface area contributed by atoms with Crippen LogP contribution in [-0.2, 0) is 18.6 Å². The highest BCUT2D eigenvalue weighted by atomic mass is 32.7. The minimum atomic E-state index is -4.37. The fourth-order valence-electron chi connectivity index (χ4n) is 4.81. The van der Waals surface area contributed by atoms with Gasteiger partial charge in [-0.25, -0.2) is 23.7 Å². The number of H-pyrrole nitrogens is 1. The van der Waals surface area contributed by atoms with Gasteiger partial charge < -0.3 is 35.7 Å². The van der Waals surface area contributed by atoms with Gasteiger partial charge in [-0.1, -0.05) is 17.5 Å². The van der Waals surface area contributed by atoms with Crippen molar-refractivity contribution in [2.45, 2.75) is 48.8 Å². The van der Waals surface area contributed by atoms with Gasteiger partial charge in [0.15, 0.2) is 46.8 Å². The standard InChI is InChI=1S/C19H22F2N11O7PS/c20-7-5(1-33)38-18(31-4-26-10-15(31)27-19(23)28-16(10)35)12(7)40(36,41)37-2-6-11(34)8(21)17(39-6)32-14-9(29-30-32)13(22)24-3-25-14/h3-8,11-12,17-18,33-34H,1-2H2,(H,36,41)(H2,22,24,25)(H3,23,27,28,35)/t5-,6?,7-,8+,11-,12-,17-,18?,40?/m1/s1. The normalized spacial score (nSPS) is 31.7. The zero-order valence-corrected chi connectivity index (χ0v) is 22.3. The summed E-state index contributed by atoms with van der Waals surface area (Å²) in [6.45, 7) is -5.85. The van der Waals surface area contributed by atoms with Gasteiger partial charge in [-0.05, 0) is 0 Å². The van der Waals surface area contributed by atoms with E-state index in [1.165, 1.54) is 0 Å². The van der Waals surface area contributed by atoms with Crippen LogP contribution in [0.15, 0.2) is 17.4 Å². The van der Waals surface area contributed by atoms with Gasteiger partial charge in [0, 0.05) is 0 Å². The summed E-state index contributed by atoms with van der Waals surface area (Å²) >= 11 is 4.11. The molecule has 0 saturated carbocycles. The second kappa shape index (κ2) is 10.2. The Morgan fingerprint density at radius 1 is 1.12 bits per heavy atom. The number of ether oxygens (including phenoxy) is 2. The van der Waals surface area contributed by atoms with Gasteiger partial charge in [-0.2, -0.15) is 9.67 Å². The number of nitrogens with one attached hydrogen (secondary N) is 1. The largest absolute Gasteiger partial charge is 0.394 e. The lowest BCUT2D eigenvalue weighted by molar-refractivity contribution is -0.0468. The lowest BCUT2D eigenvalue weighted by atomic mass is 10.1. The molecule has 2 aliphatic rings. The molecule has 0 aliphatic carbocycles. The summed E-state index contributed by atoms with van der Waals surface area (Å²) in [6.07, 6.45) is -9.53. The Kier molecular flexibility index (Phi) is 6.91. The van der Waals surface area contributed by atoms with Crippen LogP contribution in [0.1, 0.15) is 12.5 Å². The summed E-state index contributed by atoms with van der Waals surface area (Å²) in [7, 11) is 0. The zero-order valence-electron chi connectivity index (χ0n) is 20.5. The molecular formula is C19H22F2N11O7PS. The number of nitrogen functional groups attached to an aromatic ring is 2. The number of alkyl halides is 2. The number of aromatic nitrogens is 9. The molecule has 0 spiro atoms. The number of imidazole rings is 1. The first-order valence-corrected chi connectivity index (χ1v) is 14.7. The number of nitrogens with zero attached hydrogens (tertiary/aromatic N) is 8. The van der Waals surface area contributed by atoms with Crippen molar-refractivity contribution in [2.24, 2.45) is 0 Å². The van der Waals surface area contributed by atoms with Crippen molar-refractivity contribution in [3.05, 3.63) is 23.0 Å². The van der Waals surface area contributed by atoms with Gasteiger partial charge >= 0.3 is 0 Å². The summed E-state index contributed by atoms with van der Waals surface area (Å²) in [4.78, 5) is 30.2. The molecule has 6 rings (SSSR count). The molecule has 0 radical (unpaired) electrons. The molecule has 0 amide bonds. The molecule has 4 aromatic heterocycles. The van der Waals surface area contributed by atoms with Crippen LogP contribution in [0.5, 0.6) is 0 Å². The van der Waals surface area contributed by atoms with Gasteiger partial charge in [-0.15, -0.1) is 5.10 Å². The monoisotopic (exact) mass is 617 g/mol. The van der Waals surface area contributed by atoms with Gasteiger partial charge in [0.1, 0.15) is 36.5 Å². The van der Waals surface area contributed by atoms with Crippen molar-refractivity contribution in [1.82, 2.24) is 44.5 Å². The molecule has 4 aromatic rings. The number of nitrogens with two attached hydrogens (primary N) is 2. The first kappa shape index (κ1) is 27.8. The van der Waals surface area contributed by atoms with Crippen LogP contribution in [0.25, 0.3) is 22.3 Å². The highest BCUT2D eigenvalue weighted by Crippen LogP contribution is 2.64. The molecule has 0 aromatic carbocycles. The third kappa shape index (κ3) is 4.53. The van der Waals surface area contributed by atoms with E-state index in [1.807, 2.05) is 0 Å². The molecule has 220 valence electrons. The van der Waals surface area contributed by atoms with Crippen molar-refractivity contribution in [1.29, 1.82) is 0 Å². The quantitative estimate of drug-likeness (QED) is 0.106. The van der Waals surface area contributed by atoms with E-state index in [9.17, 15) is 19.6 Å². The smallest absolute Gasteiger partial charge is 0.280 e. The van der Waals surface area contributed by atoms with E-state index in [-0.39, 0.29) is 34.1 Å². The average Bonchev–Trinajstić information content (AvgIpc) is 3.68. The third-order valence-electron chi connectivity index (χ3n) is 6.82. The molecule has 0 bridgehead atoms. The Labute approximate surface area is 231 Å². The SMILES string of the molecule is Nc1nc2c(ncn2C2O[C@H](CO)[C@@H](F)[C@H]2P(=O)(S)OCC2O[C@@H](n3nnc4c(N)ncnc43)[C@@H](F)[C@@H]2O)c(=O)[nH]1. The first-order valence-electron chi connectivity index (χ1n) is 11.9. The van der Waals surface area contributed by atoms with Crippen molar-refractivity contribution >= 4 is 52.9 Å². The summed E-state index contributed by atoms with van der Waals surface area (Å²) in [6, 6.07) is 0. The molecular weight excluding hydrogens is 595 g/mol. The van der Waals surface area contributed by atoms with Crippen molar-refractivity contribution < 1.29 is 37.6 Å². The maximum Gasteiger partial charge on any atom is 0.280 e. The molecule has 18 nitrogen and oxygen atoms in total. The Hall–Kier alpha value is -3.33. The Morgan fingerprint density at radius 2 is 1.88 bits per heavy atom. The zero-order chi connectivity index (χ0) is 29.2. The predicted octanol–water partition coefficient (Wildman–Crippen LogP) is -1.15. The topological polar surface area (TPSA) is 257 Å². The minimum Gasteiger partial charge on any atom is -0.394 e. The van der Waals surface area contributed by atoms with Crippen LogP contribution in [0.4, 0.5) is 20.5 Å². The molecule has 22 heteroatoms. The number of aliphatic hydroxyl groups excluding tert-OH is 2. The second-order valence-corrected chi connectivity index (χ2v) is 12.9. The maximum atomic E-state index is 15.5. The number of fused-ring (bicyclic) bond motifs is 2. The van der Waals surface area contributed by atoms with Crippen LogP contribution in [-0.4, -0.2) is 104 Å². The lowest BCUT2D eigenvalue weighted by Gasteiger charge is -2.27. The van der Waals surface area contributed by atoms with E-state index in [2.05, 4.69) is 47.5 Å². The number of aromatic amines is 1. The fraction of sp³-hybridized carbons (Fsp3) is 0.526. The number of thiol groups is 1. The number of aliphatic hydroxyl groups is 2. The lowest BCUT2D eigenvalue weighted by Crippen LogP contribution is -2.33. The fourth-order valence-corrected chi connectivity index (χ4v) is 7.36. The summed E-state index contributed by atoms with van der Waals surface area (Å²) < 4.78 is 63.1. The van der Waals surface area contributed by atoms with E-state index in [1.54, 1.807) is 0 Å². The number of hydrogen-bond acceptors (Lipinski definition) is 15. The predicted molar refractivity (Wildman–Crippen MR) is 137 cm³/mol. The van der Waals surface area contributed by atoms with Crippen molar-refractivity contribution in [3.63, 3.8) is 0 Å². The Bertz CT molecular complexity index is 1720. The molecule has 6 heterocycles. The van der Waals surface area contributed by atoms with Crippen LogP contribution in [0, 0.1) is 0 Å². The minimum absolute atomic E-state index is 0.00504. The van der Waals surface area contributed by atoms with Crippen LogP contribution in [0.2, 0.25) is 0 Å². The van der Waals surface area contributed by atoms with Crippen molar-refractivity contribution in [2.75, 3.05) is 24.7 Å². The second-order valence-electron chi connectivity index (χ2n) is 9.28. The van der Waals surface area contributed by atoms with Crippen LogP contribution >= 0.6 is 18.8 Å². The average molecular weight is 617 g/mol. The number of anilines is 2. The van der Waals surface area contributed by atoms with Gasteiger partial charge in [0.2, 0.25) is 5.95 Å². The number of hydrogen-bond donors (Lipinski definition) is 6.